The van der Waals surface area contributed by atoms with Crippen molar-refractivity contribution in [3.8, 4) is 22.6 Å². The maximum absolute atomic E-state index is 4.92. The molecule has 0 saturated carbocycles. The molecule has 5 rings (SSSR count). The van der Waals surface area contributed by atoms with Crippen molar-refractivity contribution in [1.29, 1.82) is 0 Å². The van der Waals surface area contributed by atoms with Gasteiger partial charge in [-0.25, -0.2) is 4.98 Å². The van der Waals surface area contributed by atoms with Crippen LogP contribution in [0, 0.1) is 6.92 Å². The second-order valence-corrected chi connectivity index (χ2v) is 9.54. The van der Waals surface area contributed by atoms with Crippen LogP contribution in [0.15, 0.2) is 48.8 Å². The minimum absolute atomic E-state index is 0.643. The average molecular weight is 471 g/mol. The summed E-state index contributed by atoms with van der Waals surface area (Å²) in [5.41, 5.74) is 7.31. The summed E-state index contributed by atoms with van der Waals surface area (Å²) in [5.74, 6) is 0. The van der Waals surface area contributed by atoms with Crippen LogP contribution in [0.1, 0.15) is 25.1 Å². The molecule has 0 atom stereocenters. The number of hydrogen-bond donors (Lipinski definition) is 2. The maximum atomic E-state index is 4.92. The highest BCUT2D eigenvalue weighted by Gasteiger charge is 2.18. The molecule has 0 spiro atoms. The van der Waals surface area contributed by atoms with Crippen LogP contribution >= 0.6 is 0 Å². The molecular weight excluding hydrogens is 436 g/mol. The number of aryl methyl sites for hydroxylation is 1. The first-order valence-electron chi connectivity index (χ1n) is 12.5. The highest BCUT2D eigenvalue weighted by Crippen LogP contribution is 2.29. The third-order valence-electron chi connectivity index (χ3n) is 6.71. The van der Waals surface area contributed by atoms with Gasteiger partial charge in [0.1, 0.15) is 5.69 Å². The molecule has 35 heavy (non-hydrogen) atoms. The predicted octanol–water partition coefficient (Wildman–Crippen LogP) is 3.51. The van der Waals surface area contributed by atoms with Crippen LogP contribution in [-0.4, -0.2) is 80.3 Å². The zero-order valence-corrected chi connectivity index (χ0v) is 20.8. The lowest BCUT2D eigenvalue weighted by Gasteiger charge is -2.36. The summed E-state index contributed by atoms with van der Waals surface area (Å²) in [6.45, 7) is 14.0. The van der Waals surface area contributed by atoms with Crippen molar-refractivity contribution in [3.05, 3.63) is 60.0 Å². The van der Waals surface area contributed by atoms with Crippen molar-refractivity contribution >= 4 is 11.0 Å². The summed E-state index contributed by atoms with van der Waals surface area (Å²) in [7, 11) is 0. The van der Waals surface area contributed by atoms with Crippen LogP contribution in [0.2, 0.25) is 0 Å². The molecule has 0 amide bonds. The van der Waals surface area contributed by atoms with Crippen molar-refractivity contribution < 1.29 is 0 Å². The van der Waals surface area contributed by atoms with Crippen LogP contribution in [-0.2, 0) is 6.54 Å². The number of hydrogen-bond acceptors (Lipinski definition) is 7. The lowest BCUT2D eigenvalue weighted by atomic mass is 10.1. The van der Waals surface area contributed by atoms with Gasteiger partial charge in [0.15, 0.2) is 0 Å². The molecule has 1 saturated heterocycles. The first-order chi connectivity index (χ1) is 17.1. The minimum atomic E-state index is 0.643. The Kier molecular flexibility index (Phi) is 7.13. The van der Waals surface area contributed by atoms with Crippen LogP contribution in [0.25, 0.3) is 33.7 Å². The van der Waals surface area contributed by atoms with Crippen LogP contribution in [0.3, 0.4) is 0 Å². The average Bonchev–Trinajstić information content (AvgIpc) is 3.37. The molecule has 1 aliphatic rings. The molecule has 5 heterocycles. The molecule has 0 bridgehead atoms. The molecule has 2 N–H and O–H groups in total. The summed E-state index contributed by atoms with van der Waals surface area (Å²) in [5, 5.41) is 11.0. The first-order valence-corrected chi connectivity index (χ1v) is 12.5. The predicted molar refractivity (Wildman–Crippen MR) is 140 cm³/mol. The number of pyridine rings is 3. The van der Waals surface area contributed by atoms with E-state index in [0.29, 0.717) is 6.04 Å². The highest BCUT2D eigenvalue weighted by atomic mass is 15.3. The lowest BCUT2D eigenvalue weighted by Crippen LogP contribution is -2.50. The zero-order valence-electron chi connectivity index (χ0n) is 20.8. The van der Waals surface area contributed by atoms with Crippen molar-refractivity contribution in [3.63, 3.8) is 0 Å². The molecule has 0 aromatic carbocycles. The fourth-order valence-corrected chi connectivity index (χ4v) is 4.62. The summed E-state index contributed by atoms with van der Waals surface area (Å²) in [6.07, 6.45) is 3.82. The number of fused-ring (bicyclic) bond motifs is 1. The quantitative estimate of drug-likeness (QED) is 0.381. The molecule has 4 aromatic rings. The Morgan fingerprint density at radius 2 is 1.86 bits per heavy atom. The van der Waals surface area contributed by atoms with Crippen LogP contribution in [0.4, 0.5) is 0 Å². The van der Waals surface area contributed by atoms with Crippen molar-refractivity contribution in [1.82, 2.24) is 40.3 Å². The molecule has 1 aliphatic heterocycles. The molecule has 0 unspecified atom stereocenters. The lowest BCUT2D eigenvalue weighted by molar-refractivity contribution is 0.109. The number of aromatic amines is 1. The number of H-pyrrole nitrogens is 1. The van der Waals surface area contributed by atoms with Crippen LogP contribution < -0.4 is 5.32 Å². The molecule has 0 radical (unpaired) electrons. The SMILES string of the molecule is Cc1cccc(-c2n[nH]cc2-c2ccc3ncc(CNCCN4CCN(C(C)C)CC4)cc3n2)n1. The van der Waals surface area contributed by atoms with Gasteiger partial charge in [-0.2, -0.15) is 5.10 Å². The summed E-state index contributed by atoms with van der Waals surface area (Å²) < 4.78 is 0. The molecule has 8 heteroatoms. The largest absolute Gasteiger partial charge is 0.311 e. The van der Waals surface area contributed by atoms with Crippen LogP contribution in [0.5, 0.6) is 0 Å². The maximum Gasteiger partial charge on any atom is 0.120 e. The minimum Gasteiger partial charge on any atom is -0.311 e. The van der Waals surface area contributed by atoms with E-state index in [9.17, 15) is 0 Å². The molecule has 4 aromatic heterocycles. The third kappa shape index (κ3) is 5.56. The Morgan fingerprint density at radius 3 is 2.66 bits per heavy atom. The van der Waals surface area contributed by atoms with Crippen molar-refractivity contribution in [2.75, 3.05) is 39.3 Å². The van der Waals surface area contributed by atoms with Gasteiger partial charge in [0.25, 0.3) is 0 Å². The summed E-state index contributed by atoms with van der Waals surface area (Å²) in [4.78, 5) is 19.3. The smallest absolute Gasteiger partial charge is 0.120 e. The zero-order chi connectivity index (χ0) is 24.2. The topological polar surface area (TPSA) is 85.9 Å². The van der Waals surface area contributed by atoms with E-state index in [0.717, 1.165) is 77.7 Å². The van der Waals surface area contributed by atoms with E-state index in [2.05, 4.69) is 55.2 Å². The molecule has 0 aliphatic carbocycles. The second kappa shape index (κ2) is 10.6. The normalized spacial score (nSPS) is 15.3. The van der Waals surface area contributed by atoms with Crippen molar-refractivity contribution in [2.45, 2.75) is 33.4 Å². The number of nitrogens with zero attached hydrogens (tertiary/aromatic N) is 6. The summed E-state index contributed by atoms with van der Waals surface area (Å²) in [6, 6.07) is 12.7. The molecule has 8 nitrogen and oxygen atoms in total. The van der Waals surface area contributed by atoms with E-state index in [1.54, 1.807) is 0 Å². The van der Waals surface area contributed by atoms with Gasteiger partial charge in [-0.05, 0) is 56.7 Å². The van der Waals surface area contributed by atoms with E-state index >= 15 is 0 Å². The van der Waals surface area contributed by atoms with E-state index in [1.165, 1.54) is 13.1 Å². The number of nitrogens with one attached hydrogen (secondary N) is 2. The Bertz CT molecular complexity index is 1270. The fraction of sp³-hybridized carbons (Fsp3) is 0.407. The van der Waals surface area contributed by atoms with Gasteiger partial charge in [-0.3, -0.25) is 24.9 Å². The number of piperazine rings is 1. The standard InChI is InChI=1S/C27H34N8/c1-19(2)35-13-11-34(12-14-35)10-9-28-16-21-15-26-24(29-17-21)8-7-23(32-26)22-18-30-33-27(22)25-6-4-5-20(3)31-25/h4-8,15,17-19,28H,9-14,16H2,1-3H3,(H,30,33). The molecular formula is C27H34N8. The Labute approximate surface area is 206 Å². The Hall–Kier alpha value is -3.20. The van der Waals surface area contributed by atoms with Gasteiger partial charge in [0.05, 0.1) is 22.4 Å². The molecule has 182 valence electrons. The summed E-state index contributed by atoms with van der Waals surface area (Å²) >= 11 is 0. The van der Waals surface area contributed by atoms with Gasteiger partial charge in [0.2, 0.25) is 0 Å². The monoisotopic (exact) mass is 470 g/mol. The highest BCUT2D eigenvalue weighted by molar-refractivity contribution is 5.82. The van der Waals surface area contributed by atoms with Gasteiger partial charge < -0.3 is 5.32 Å². The van der Waals surface area contributed by atoms with Crippen molar-refractivity contribution in [2.24, 2.45) is 0 Å². The van der Waals surface area contributed by atoms with E-state index in [-0.39, 0.29) is 0 Å². The Morgan fingerprint density at radius 1 is 1.00 bits per heavy atom. The van der Waals surface area contributed by atoms with Gasteiger partial charge in [-0.15, -0.1) is 0 Å². The number of rotatable bonds is 8. The van der Waals surface area contributed by atoms with Gasteiger partial charge in [-0.1, -0.05) is 6.07 Å². The fourth-order valence-electron chi connectivity index (χ4n) is 4.62. The van der Waals surface area contributed by atoms with E-state index in [1.807, 2.05) is 49.6 Å². The second-order valence-electron chi connectivity index (χ2n) is 9.54. The third-order valence-corrected chi connectivity index (χ3v) is 6.71. The van der Waals surface area contributed by atoms with E-state index < -0.39 is 0 Å². The molecule has 1 fully saturated rings. The Balaban J connectivity index is 1.23. The first kappa shape index (κ1) is 23.5. The van der Waals surface area contributed by atoms with Gasteiger partial charge in [0, 0.05) is 75.5 Å². The van der Waals surface area contributed by atoms with E-state index in [4.69, 9.17) is 4.98 Å². The number of aromatic nitrogens is 5. The van der Waals surface area contributed by atoms with Gasteiger partial charge >= 0.3 is 0 Å².